The SMILES string of the molecule is C[C@]12CN(C3CCCCC3)C(=O)[C@@]1(N)Nc1ccc(Cl)cc12. The van der Waals surface area contributed by atoms with E-state index in [4.69, 9.17) is 17.3 Å². The van der Waals surface area contributed by atoms with Crippen LogP contribution in [0, 0.1) is 0 Å². The fourth-order valence-corrected chi connectivity index (χ4v) is 4.64. The lowest BCUT2D eigenvalue weighted by Gasteiger charge is -2.32. The van der Waals surface area contributed by atoms with Crippen molar-refractivity contribution in [3.63, 3.8) is 0 Å². The molecule has 22 heavy (non-hydrogen) atoms. The molecule has 0 aromatic heterocycles. The van der Waals surface area contributed by atoms with Gasteiger partial charge in [-0.05, 0) is 43.5 Å². The minimum atomic E-state index is -1.04. The third-order valence-corrected chi connectivity index (χ3v) is 6.11. The van der Waals surface area contributed by atoms with Crippen molar-refractivity contribution < 1.29 is 4.79 Å². The van der Waals surface area contributed by atoms with Crippen molar-refractivity contribution in [2.45, 2.75) is 56.1 Å². The van der Waals surface area contributed by atoms with Crippen LogP contribution in [0.4, 0.5) is 5.69 Å². The number of fused-ring (bicyclic) bond motifs is 3. The molecular formula is C17H22ClN3O. The second-order valence-electron chi connectivity index (χ2n) is 7.18. The molecule has 0 unspecified atom stereocenters. The number of rotatable bonds is 1. The maximum atomic E-state index is 13.1. The Morgan fingerprint density at radius 1 is 1.32 bits per heavy atom. The van der Waals surface area contributed by atoms with Crippen molar-refractivity contribution in [3.05, 3.63) is 28.8 Å². The van der Waals surface area contributed by atoms with Crippen LogP contribution in [0.1, 0.15) is 44.6 Å². The fourth-order valence-electron chi connectivity index (χ4n) is 4.47. The summed E-state index contributed by atoms with van der Waals surface area (Å²) in [6, 6.07) is 6.06. The molecule has 0 spiro atoms. The van der Waals surface area contributed by atoms with E-state index in [9.17, 15) is 4.79 Å². The van der Waals surface area contributed by atoms with E-state index in [1.807, 2.05) is 23.1 Å². The number of likely N-dealkylation sites (tertiary alicyclic amines) is 1. The van der Waals surface area contributed by atoms with Gasteiger partial charge in [0, 0.05) is 23.3 Å². The van der Waals surface area contributed by atoms with Crippen LogP contribution in [0.25, 0.3) is 0 Å². The van der Waals surface area contributed by atoms with Gasteiger partial charge >= 0.3 is 0 Å². The topological polar surface area (TPSA) is 58.4 Å². The van der Waals surface area contributed by atoms with Gasteiger partial charge in [0.05, 0.1) is 5.41 Å². The van der Waals surface area contributed by atoms with Gasteiger partial charge in [0.1, 0.15) is 0 Å². The van der Waals surface area contributed by atoms with E-state index in [0.29, 0.717) is 17.6 Å². The number of carbonyl (C=O) groups is 1. The summed E-state index contributed by atoms with van der Waals surface area (Å²) in [6.07, 6.45) is 5.89. The van der Waals surface area contributed by atoms with Crippen LogP contribution >= 0.6 is 11.6 Å². The minimum Gasteiger partial charge on any atom is -0.359 e. The number of benzene rings is 1. The molecule has 0 radical (unpaired) electrons. The van der Waals surface area contributed by atoms with Crippen LogP contribution in [-0.4, -0.2) is 29.1 Å². The first-order chi connectivity index (χ1) is 10.5. The van der Waals surface area contributed by atoms with Crippen LogP contribution in [0.2, 0.25) is 5.02 Å². The highest BCUT2D eigenvalue weighted by Gasteiger charge is 2.65. The first-order valence-corrected chi connectivity index (χ1v) is 8.52. The zero-order chi connectivity index (χ0) is 15.5. The molecule has 118 valence electrons. The quantitative estimate of drug-likeness (QED) is 0.837. The summed E-state index contributed by atoms with van der Waals surface area (Å²) in [7, 11) is 0. The molecule has 0 bridgehead atoms. The van der Waals surface area contributed by atoms with Crippen LogP contribution in [0.3, 0.4) is 0 Å². The fraction of sp³-hybridized carbons (Fsp3) is 0.588. The lowest BCUT2D eigenvalue weighted by molar-refractivity contribution is -0.133. The molecular weight excluding hydrogens is 298 g/mol. The van der Waals surface area contributed by atoms with E-state index in [0.717, 1.165) is 24.1 Å². The minimum absolute atomic E-state index is 0.0363. The molecule has 1 aromatic carbocycles. The average molecular weight is 320 g/mol. The summed E-state index contributed by atoms with van der Waals surface area (Å²) in [5.41, 5.74) is 7.12. The second kappa shape index (κ2) is 4.62. The number of amides is 1. The Labute approximate surface area is 136 Å². The van der Waals surface area contributed by atoms with Gasteiger partial charge in [0.25, 0.3) is 5.91 Å². The van der Waals surface area contributed by atoms with Gasteiger partial charge in [-0.2, -0.15) is 0 Å². The van der Waals surface area contributed by atoms with Gasteiger partial charge < -0.3 is 16.0 Å². The lowest BCUT2D eigenvalue weighted by Crippen LogP contribution is -2.61. The summed E-state index contributed by atoms with van der Waals surface area (Å²) in [5.74, 6) is 0.0363. The molecule has 5 heteroatoms. The van der Waals surface area contributed by atoms with Crippen LogP contribution < -0.4 is 11.1 Å². The number of nitrogens with one attached hydrogen (secondary N) is 1. The lowest BCUT2D eigenvalue weighted by atomic mass is 9.77. The Hall–Kier alpha value is -1.26. The molecule has 2 atom stereocenters. The van der Waals surface area contributed by atoms with Gasteiger partial charge in [-0.3, -0.25) is 4.79 Å². The molecule has 3 aliphatic rings. The first-order valence-electron chi connectivity index (χ1n) is 8.14. The standard InChI is InChI=1S/C17H22ClN3O/c1-16-10-21(12-5-3-2-4-6-12)15(22)17(16,19)20-14-8-7-11(18)9-13(14)16/h7-9,12,20H,2-6,10,19H2,1H3/t16-,17-/m1/s1. The summed E-state index contributed by atoms with van der Waals surface area (Å²) < 4.78 is 0. The van der Waals surface area contributed by atoms with Crippen LogP contribution in [0.15, 0.2) is 18.2 Å². The van der Waals surface area contributed by atoms with Crippen LogP contribution in [-0.2, 0) is 10.2 Å². The van der Waals surface area contributed by atoms with E-state index in [1.54, 1.807) is 0 Å². The van der Waals surface area contributed by atoms with E-state index >= 15 is 0 Å². The number of anilines is 1. The van der Waals surface area contributed by atoms with E-state index in [2.05, 4.69) is 12.2 Å². The zero-order valence-electron chi connectivity index (χ0n) is 12.9. The highest BCUT2D eigenvalue weighted by molar-refractivity contribution is 6.30. The second-order valence-corrected chi connectivity index (χ2v) is 7.62. The van der Waals surface area contributed by atoms with Gasteiger partial charge in [0.15, 0.2) is 5.66 Å². The van der Waals surface area contributed by atoms with Crippen molar-refractivity contribution in [2.24, 2.45) is 5.73 Å². The molecule has 1 aromatic rings. The van der Waals surface area contributed by atoms with Gasteiger partial charge in [0.2, 0.25) is 0 Å². The van der Waals surface area contributed by atoms with Crippen LogP contribution in [0.5, 0.6) is 0 Å². The van der Waals surface area contributed by atoms with Crippen molar-refractivity contribution in [1.82, 2.24) is 4.90 Å². The molecule has 1 amide bonds. The molecule has 2 fully saturated rings. The first kappa shape index (κ1) is 14.3. The van der Waals surface area contributed by atoms with Gasteiger partial charge in [-0.25, -0.2) is 0 Å². The third kappa shape index (κ3) is 1.71. The number of hydrogen-bond donors (Lipinski definition) is 2. The molecule has 2 heterocycles. The predicted octanol–water partition coefficient (Wildman–Crippen LogP) is 2.85. The summed E-state index contributed by atoms with van der Waals surface area (Å²) in [5, 5.41) is 3.98. The Balaban J connectivity index is 1.74. The zero-order valence-corrected chi connectivity index (χ0v) is 13.6. The van der Waals surface area contributed by atoms with Gasteiger partial charge in [-0.15, -0.1) is 0 Å². The molecule has 4 rings (SSSR count). The number of nitrogens with zero attached hydrogens (tertiary/aromatic N) is 1. The maximum absolute atomic E-state index is 13.1. The van der Waals surface area contributed by atoms with Crippen molar-refractivity contribution in [1.29, 1.82) is 0 Å². The number of carbonyl (C=O) groups excluding carboxylic acids is 1. The molecule has 3 N–H and O–H groups in total. The molecule has 2 aliphatic heterocycles. The highest BCUT2D eigenvalue weighted by Crippen LogP contribution is 2.51. The number of nitrogens with two attached hydrogens (primary N) is 1. The Morgan fingerprint density at radius 2 is 2.05 bits per heavy atom. The van der Waals surface area contributed by atoms with Crippen molar-refractivity contribution in [3.8, 4) is 0 Å². The van der Waals surface area contributed by atoms with Crippen molar-refractivity contribution >= 4 is 23.2 Å². The summed E-state index contributed by atoms with van der Waals surface area (Å²) >= 11 is 6.18. The largest absolute Gasteiger partial charge is 0.359 e. The molecule has 1 saturated heterocycles. The smallest absolute Gasteiger partial charge is 0.264 e. The summed E-state index contributed by atoms with van der Waals surface area (Å²) in [4.78, 5) is 15.1. The Kier molecular flexibility index (Phi) is 3.01. The molecule has 1 saturated carbocycles. The van der Waals surface area contributed by atoms with E-state index in [-0.39, 0.29) is 5.91 Å². The normalized spacial score (nSPS) is 34.5. The average Bonchev–Trinajstić information content (AvgIpc) is 2.86. The van der Waals surface area contributed by atoms with E-state index < -0.39 is 11.1 Å². The monoisotopic (exact) mass is 319 g/mol. The maximum Gasteiger partial charge on any atom is 0.264 e. The molecule has 4 nitrogen and oxygen atoms in total. The van der Waals surface area contributed by atoms with E-state index in [1.165, 1.54) is 19.3 Å². The Bertz CT molecular complexity index is 643. The molecule has 1 aliphatic carbocycles. The predicted molar refractivity (Wildman–Crippen MR) is 87.9 cm³/mol. The summed E-state index contributed by atoms with van der Waals surface area (Å²) in [6.45, 7) is 2.76. The third-order valence-electron chi connectivity index (χ3n) is 5.88. The number of hydrogen-bond acceptors (Lipinski definition) is 3. The highest BCUT2D eigenvalue weighted by atomic mass is 35.5. The van der Waals surface area contributed by atoms with Gasteiger partial charge in [-0.1, -0.05) is 30.9 Å². The van der Waals surface area contributed by atoms with Crippen molar-refractivity contribution in [2.75, 3.05) is 11.9 Å². The Morgan fingerprint density at radius 3 is 2.77 bits per heavy atom. The number of halogens is 1.